The Morgan fingerprint density at radius 1 is 1.29 bits per heavy atom. The van der Waals surface area contributed by atoms with Gasteiger partial charge in [-0.2, -0.15) is 0 Å². The van der Waals surface area contributed by atoms with Gasteiger partial charge in [0.1, 0.15) is 5.60 Å². The number of nitrogens with zero attached hydrogens (tertiary/aromatic N) is 2. The van der Waals surface area contributed by atoms with Crippen molar-refractivity contribution in [3.63, 3.8) is 0 Å². The highest BCUT2D eigenvalue weighted by Gasteiger charge is 2.54. The molecule has 4 nitrogen and oxygen atoms in total. The third-order valence-corrected chi connectivity index (χ3v) is 5.51. The Morgan fingerprint density at radius 3 is 2.58 bits per heavy atom. The lowest BCUT2D eigenvalue weighted by atomic mass is 10.1. The summed E-state index contributed by atoms with van der Waals surface area (Å²) in [6.45, 7) is 11.4. The summed E-state index contributed by atoms with van der Waals surface area (Å²) in [5.74, 6) is 0. The number of carbonyl (C=O) groups is 1. The maximum atomic E-state index is 12.5. The Hall–Kier alpha value is -1.07. The molecule has 1 saturated heterocycles. The lowest BCUT2D eigenvalue weighted by Gasteiger charge is -2.42. The molecule has 0 unspecified atom stereocenters. The van der Waals surface area contributed by atoms with Crippen LogP contribution in [-0.2, 0) is 11.3 Å². The first-order valence-corrected chi connectivity index (χ1v) is 9.46. The fourth-order valence-electron chi connectivity index (χ4n) is 3.39. The molecule has 0 radical (unpaired) electrons. The summed E-state index contributed by atoms with van der Waals surface area (Å²) in [4.78, 5) is 16.9. The zero-order chi connectivity index (χ0) is 17.5. The van der Waals surface area contributed by atoms with Gasteiger partial charge < -0.3 is 4.74 Å². The standard InChI is InChI=1S/C19H27BrN2O2/c1-14-5-6-15(16(20)11-14)12-21-9-10-22(19(13-21)7-8-19)17(23)24-18(2,3)4/h5-6,11H,7-10,12-13H2,1-4H3. The smallest absolute Gasteiger partial charge is 0.410 e. The number of hydrogen-bond acceptors (Lipinski definition) is 3. The summed E-state index contributed by atoms with van der Waals surface area (Å²) in [6.07, 6.45) is 2.01. The summed E-state index contributed by atoms with van der Waals surface area (Å²) in [5, 5.41) is 0. The molecule has 24 heavy (non-hydrogen) atoms. The lowest BCUT2D eigenvalue weighted by molar-refractivity contribution is -0.00810. The number of carbonyl (C=O) groups excluding carboxylic acids is 1. The number of ether oxygens (including phenoxy) is 1. The number of piperazine rings is 1. The minimum Gasteiger partial charge on any atom is -0.444 e. The second-order valence-electron chi connectivity index (χ2n) is 8.16. The number of hydrogen-bond donors (Lipinski definition) is 0. The maximum absolute atomic E-state index is 12.5. The van der Waals surface area contributed by atoms with Crippen molar-refractivity contribution in [3.8, 4) is 0 Å². The number of halogens is 1. The molecule has 0 aromatic heterocycles. The van der Waals surface area contributed by atoms with Gasteiger partial charge in [0.2, 0.25) is 0 Å². The normalized spacial score (nSPS) is 20.3. The Bertz CT molecular complexity index is 635. The first-order chi connectivity index (χ1) is 11.2. The van der Waals surface area contributed by atoms with E-state index in [1.54, 1.807) is 0 Å². The second-order valence-corrected chi connectivity index (χ2v) is 9.02. The topological polar surface area (TPSA) is 32.8 Å². The average Bonchev–Trinajstić information content (AvgIpc) is 3.20. The molecular formula is C19H27BrN2O2. The summed E-state index contributed by atoms with van der Waals surface area (Å²) in [5.41, 5.74) is 2.13. The number of amides is 1. The minimum atomic E-state index is -0.433. The third kappa shape index (κ3) is 3.94. The number of benzene rings is 1. The van der Waals surface area contributed by atoms with Crippen molar-refractivity contribution >= 4 is 22.0 Å². The Kier molecular flexibility index (Phi) is 4.69. The van der Waals surface area contributed by atoms with Crippen LogP contribution in [0.3, 0.4) is 0 Å². The first kappa shape index (κ1) is 17.7. The fraction of sp³-hybridized carbons (Fsp3) is 0.632. The van der Waals surface area contributed by atoms with Gasteiger partial charge >= 0.3 is 6.09 Å². The molecule has 1 spiro atoms. The summed E-state index contributed by atoms with van der Waals surface area (Å²) in [6, 6.07) is 6.52. The minimum absolute atomic E-state index is 0.00223. The predicted octanol–water partition coefficient (Wildman–Crippen LogP) is 4.34. The molecule has 0 bridgehead atoms. The first-order valence-electron chi connectivity index (χ1n) is 8.67. The lowest BCUT2D eigenvalue weighted by Crippen LogP contribution is -2.57. The third-order valence-electron chi connectivity index (χ3n) is 4.77. The molecule has 1 amide bonds. The molecule has 3 rings (SSSR count). The van der Waals surface area contributed by atoms with Gasteiger partial charge in [-0.15, -0.1) is 0 Å². The van der Waals surface area contributed by atoms with Crippen molar-refractivity contribution in [3.05, 3.63) is 33.8 Å². The van der Waals surface area contributed by atoms with E-state index in [0.29, 0.717) is 0 Å². The van der Waals surface area contributed by atoms with Crippen molar-refractivity contribution in [1.82, 2.24) is 9.80 Å². The summed E-state index contributed by atoms with van der Waals surface area (Å²) >= 11 is 3.67. The molecule has 1 aliphatic carbocycles. The van der Waals surface area contributed by atoms with E-state index in [4.69, 9.17) is 4.74 Å². The van der Waals surface area contributed by atoms with Gasteiger partial charge in [0.05, 0.1) is 5.54 Å². The van der Waals surface area contributed by atoms with Gasteiger partial charge in [0.25, 0.3) is 0 Å². The van der Waals surface area contributed by atoms with E-state index in [-0.39, 0.29) is 11.6 Å². The molecule has 1 aromatic rings. The van der Waals surface area contributed by atoms with Crippen LogP contribution >= 0.6 is 15.9 Å². The van der Waals surface area contributed by atoms with Crippen LogP contribution in [-0.4, -0.2) is 46.7 Å². The Morgan fingerprint density at radius 2 is 2.00 bits per heavy atom. The number of rotatable bonds is 2. The molecule has 0 N–H and O–H groups in total. The molecule has 1 aromatic carbocycles. The van der Waals surface area contributed by atoms with Crippen LogP contribution in [0.1, 0.15) is 44.7 Å². The maximum Gasteiger partial charge on any atom is 0.410 e. The molecule has 2 aliphatic rings. The van der Waals surface area contributed by atoms with Crippen LogP contribution < -0.4 is 0 Å². The van der Waals surface area contributed by atoms with Gasteiger partial charge in [-0.25, -0.2) is 4.79 Å². The van der Waals surface area contributed by atoms with Crippen molar-refractivity contribution in [1.29, 1.82) is 0 Å². The van der Waals surface area contributed by atoms with E-state index in [1.165, 1.54) is 15.6 Å². The molecular weight excluding hydrogens is 368 g/mol. The van der Waals surface area contributed by atoms with Crippen molar-refractivity contribution < 1.29 is 9.53 Å². The molecule has 5 heteroatoms. The van der Waals surface area contributed by atoms with E-state index in [9.17, 15) is 4.79 Å². The highest BCUT2D eigenvalue weighted by Crippen LogP contribution is 2.45. The zero-order valence-corrected chi connectivity index (χ0v) is 16.6. The fourth-order valence-corrected chi connectivity index (χ4v) is 4.01. The SMILES string of the molecule is Cc1ccc(CN2CCN(C(=O)OC(C)(C)C)C3(CC3)C2)c(Br)c1. The van der Waals surface area contributed by atoms with E-state index in [0.717, 1.165) is 39.0 Å². The van der Waals surface area contributed by atoms with E-state index < -0.39 is 5.60 Å². The monoisotopic (exact) mass is 394 g/mol. The van der Waals surface area contributed by atoms with Crippen LogP contribution in [0.15, 0.2) is 22.7 Å². The number of aryl methyl sites for hydroxylation is 1. The highest BCUT2D eigenvalue weighted by atomic mass is 79.9. The predicted molar refractivity (Wildman–Crippen MR) is 99.1 cm³/mol. The second kappa shape index (κ2) is 6.34. The van der Waals surface area contributed by atoms with Crippen molar-refractivity contribution in [2.24, 2.45) is 0 Å². The highest BCUT2D eigenvalue weighted by molar-refractivity contribution is 9.10. The van der Waals surface area contributed by atoms with Gasteiger partial charge in [-0.3, -0.25) is 9.80 Å². The van der Waals surface area contributed by atoms with Crippen LogP contribution in [0.2, 0.25) is 0 Å². The molecule has 132 valence electrons. The van der Waals surface area contributed by atoms with Gasteiger partial charge in [-0.1, -0.05) is 28.1 Å². The molecule has 1 aliphatic heterocycles. The van der Waals surface area contributed by atoms with Gasteiger partial charge in [0.15, 0.2) is 0 Å². The van der Waals surface area contributed by atoms with Crippen molar-refractivity contribution in [2.75, 3.05) is 19.6 Å². The molecule has 2 fully saturated rings. The van der Waals surface area contributed by atoms with Crippen LogP contribution in [0, 0.1) is 6.92 Å². The molecule has 0 atom stereocenters. The van der Waals surface area contributed by atoms with Crippen LogP contribution in [0.25, 0.3) is 0 Å². The zero-order valence-electron chi connectivity index (χ0n) is 15.1. The largest absolute Gasteiger partial charge is 0.444 e. The average molecular weight is 395 g/mol. The van der Waals surface area contributed by atoms with Crippen LogP contribution in [0.4, 0.5) is 4.79 Å². The van der Waals surface area contributed by atoms with Crippen molar-refractivity contribution in [2.45, 2.75) is 58.2 Å². The van der Waals surface area contributed by atoms with Gasteiger partial charge in [-0.05, 0) is 57.7 Å². The quantitative estimate of drug-likeness (QED) is 0.747. The van der Waals surface area contributed by atoms with E-state index in [1.807, 2.05) is 25.7 Å². The molecule has 1 saturated carbocycles. The Labute approximate surface area is 153 Å². The van der Waals surface area contributed by atoms with Gasteiger partial charge in [0, 0.05) is 30.7 Å². The summed E-state index contributed by atoms with van der Waals surface area (Å²) < 4.78 is 6.77. The van der Waals surface area contributed by atoms with E-state index in [2.05, 4.69) is 46.0 Å². The van der Waals surface area contributed by atoms with E-state index >= 15 is 0 Å². The van der Waals surface area contributed by atoms with Crippen LogP contribution in [0.5, 0.6) is 0 Å². The summed E-state index contributed by atoms with van der Waals surface area (Å²) in [7, 11) is 0. The Balaban J connectivity index is 1.65. The molecule has 1 heterocycles.